The van der Waals surface area contributed by atoms with Gasteiger partial charge < -0.3 is 24.4 Å². The van der Waals surface area contributed by atoms with Crippen LogP contribution in [0.5, 0.6) is 5.75 Å². The molecule has 1 aromatic heterocycles. The normalized spacial score (nSPS) is 12.1. The molecule has 1 atom stereocenters. The molecule has 1 heterocycles. The fourth-order valence-electron chi connectivity index (χ4n) is 3.16. The van der Waals surface area contributed by atoms with E-state index in [1.54, 1.807) is 0 Å². The molecule has 2 aromatic carbocycles. The molecule has 0 spiro atoms. The Morgan fingerprint density at radius 2 is 1.69 bits per heavy atom. The Hall–Kier alpha value is -4.01. The first kappa shape index (κ1) is 29.5. The second-order valence-electron chi connectivity index (χ2n) is 7.71. The minimum Gasteiger partial charge on any atom is -0.474 e. The average molecular weight is 621 g/mol. The summed E-state index contributed by atoms with van der Waals surface area (Å²) in [6.45, 7) is -0.665. The Labute approximate surface area is 225 Å². The van der Waals surface area contributed by atoms with E-state index in [0.717, 1.165) is 43.5 Å². The molecule has 3 aromatic rings. The second kappa shape index (κ2) is 12.2. The molecule has 15 heteroatoms. The van der Waals surface area contributed by atoms with Crippen molar-refractivity contribution in [3.8, 4) is 17.0 Å². The zero-order valence-electron chi connectivity index (χ0n) is 19.8. The van der Waals surface area contributed by atoms with E-state index in [0.29, 0.717) is 0 Å². The number of methoxy groups -OCH3 is 1. The number of alkyl halides is 3. The second-order valence-corrected chi connectivity index (χ2v) is 8.43. The van der Waals surface area contributed by atoms with Gasteiger partial charge in [0.25, 0.3) is 5.91 Å². The number of nitrogens with two attached hydrogens (primary N) is 1. The third-order valence-electron chi connectivity index (χ3n) is 5.09. The number of benzene rings is 2. The topological polar surface area (TPSA) is 131 Å². The van der Waals surface area contributed by atoms with Crippen LogP contribution in [0.25, 0.3) is 11.3 Å². The molecule has 2 N–H and O–H groups in total. The van der Waals surface area contributed by atoms with Crippen LogP contribution in [0.4, 0.5) is 22.0 Å². The summed E-state index contributed by atoms with van der Waals surface area (Å²) in [4.78, 5) is 39.0. The number of rotatable bonds is 10. The zero-order chi connectivity index (χ0) is 28.9. The summed E-state index contributed by atoms with van der Waals surface area (Å²) in [5.41, 5.74) is 3.27. The molecule has 0 aliphatic carbocycles. The van der Waals surface area contributed by atoms with Crippen molar-refractivity contribution in [2.75, 3.05) is 13.7 Å². The number of aromatic nitrogens is 1. The van der Waals surface area contributed by atoms with Crippen molar-refractivity contribution in [2.24, 2.45) is 5.73 Å². The molecule has 0 saturated heterocycles. The first-order valence-corrected chi connectivity index (χ1v) is 11.6. The summed E-state index contributed by atoms with van der Waals surface area (Å²) < 4.78 is 87.9. The van der Waals surface area contributed by atoms with Crippen LogP contribution in [0.15, 0.2) is 45.5 Å². The van der Waals surface area contributed by atoms with Crippen LogP contribution in [0.2, 0.25) is 0 Å². The summed E-state index contributed by atoms with van der Waals surface area (Å²) in [6.07, 6.45) is -6.74. The van der Waals surface area contributed by atoms with Crippen molar-refractivity contribution in [3.05, 3.63) is 69.7 Å². The molecule has 0 fully saturated rings. The SMILES string of the molecule is COC(=O)CCC(=O)OCC(Oc1ccc(F)c(C(N)=O)c1F)c1nc(-c2ccc(C(F)(F)F)cc2)c(Br)o1. The highest BCUT2D eigenvalue weighted by atomic mass is 79.9. The molecule has 39 heavy (non-hydrogen) atoms. The van der Waals surface area contributed by atoms with Crippen molar-refractivity contribution < 1.29 is 55.0 Å². The van der Waals surface area contributed by atoms with Crippen LogP contribution >= 0.6 is 15.9 Å². The van der Waals surface area contributed by atoms with Gasteiger partial charge in [-0.15, -0.1) is 0 Å². The first-order valence-electron chi connectivity index (χ1n) is 10.8. The minimum atomic E-state index is -4.57. The van der Waals surface area contributed by atoms with Gasteiger partial charge in [-0.2, -0.15) is 13.2 Å². The number of carbonyl (C=O) groups excluding carboxylic acids is 3. The summed E-state index contributed by atoms with van der Waals surface area (Å²) >= 11 is 3.10. The number of amides is 1. The number of ether oxygens (including phenoxy) is 3. The Balaban J connectivity index is 1.93. The number of oxazole rings is 1. The van der Waals surface area contributed by atoms with E-state index in [2.05, 4.69) is 25.7 Å². The molecule has 0 saturated carbocycles. The zero-order valence-corrected chi connectivity index (χ0v) is 21.4. The molecule has 0 aliphatic rings. The average Bonchev–Trinajstić information content (AvgIpc) is 3.26. The fraction of sp³-hybridized carbons (Fsp3) is 0.250. The van der Waals surface area contributed by atoms with Crippen LogP contribution in [0, 0.1) is 11.6 Å². The number of esters is 2. The van der Waals surface area contributed by atoms with E-state index in [-0.39, 0.29) is 34.7 Å². The molecular formula is C24H18BrF5N2O7. The van der Waals surface area contributed by atoms with Crippen molar-refractivity contribution in [1.29, 1.82) is 0 Å². The number of hydrogen-bond donors (Lipinski definition) is 1. The molecule has 3 rings (SSSR count). The molecule has 9 nitrogen and oxygen atoms in total. The van der Waals surface area contributed by atoms with Crippen molar-refractivity contribution >= 4 is 33.8 Å². The lowest BCUT2D eigenvalue weighted by molar-refractivity contribution is -0.150. The molecule has 1 unspecified atom stereocenters. The molecule has 0 aliphatic heterocycles. The largest absolute Gasteiger partial charge is 0.474 e. The maximum absolute atomic E-state index is 14.8. The van der Waals surface area contributed by atoms with E-state index in [9.17, 15) is 36.3 Å². The number of nitrogens with zero attached hydrogens (tertiary/aromatic N) is 1. The predicted molar refractivity (Wildman–Crippen MR) is 125 cm³/mol. The maximum Gasteiger partial charge on any atom is 0.416 e. The van der Waals surface area contributed by atoms with Gasteiger partial charge in [-0.05, 0) is 40.2 Å². The number of halogens is 6. The van der Waals surface area contributed by atoms with E-state index < -0.39 is 65.2 Å². The maximum atomic E-state index is 14.8. The molecular weight excluding hydrogens is 603 g/mol. The van der Waals surface area contributed by atoms with Crippen LogP contribution < -0.4 is 10.5 Å². The lowest BCUT2D eigenvalue weighted by Crippen LogP contribution is -2.21. The number of hydrogen-bond acceptors (Lipinski definition) is 8. The molecule has 1 amide bonds. The Kier molecular flexibility index (Phi) is 9.27. The van der Waals surface area contributed by atoms with Crippen LogP contribution in [0.3, 0.4) is 0 Å². The summed E-state index contributed by atoms with van der Waals surface area (Å²) in [7, 11) is 1.13. The smallest absolute Gasteiger partial charge is 0.416 e. The van der Waals surface area contributed by atoms with Gasteiger partial charge >= 0.3 is 18.1 Å². The molecule has 208 valence electrons. The van der Waals surface area contributed by atoms with Gasteiger partial charge in [0, 0.05) is 5.56 Å². The van der Waals surface area contributed by atoms with Crippen LogP contribution in [0.1, 0.15) is 40.8 Å². The standard InChI is InChI=1S/C24H18BrF5N2O7/c1-36-16(33)8-9-17(34)37-10-15(38-14-7-6-13(26)18(19(14)27)22(31)35)23-32-20(21(25)39-23)11-2-4-12(5-3-11)24(28,29)30/h2-7,15H,8-10H2,1H3,(H2,31,35). The van der Waals surface area contributed by atoms with Gasteiger partial charge in [-0.1, -0.05) is 12.1 Å². The number of primary amides is 1. The minimum absolute atomic E-state index is 0.0294. The number of carbonyl (C=O) groups is 3. The van der Waals surface area contributed by atoms with Gasteiger partial charge in [-0.3, -0.25) is 14.4 Å². The monoisotopic (exact) mass is 620 g/mol. The Bertz CT molecular complexity index is 1380. The van der Waals surface area contributed by atoms with Crippen molar-refractivity contribution in [3.63, 3.8) is 0 Å². The fourth-order valence-corrected chi connectivity index (χ4v) is 3.64. The van der Waals surface area contributed by atoms with Crippen LogP contribution in [-0.2, 0) is 25.2 Å². The van der Waals surface area contributed by atoms with Crippen molar-refractivity contribution in [2.45, 2.75) is 25.1 Å². The predicted octanol–water partition coefficient (Wildman–Crippen LogP) is 5.12. The highest BCUT2D eigenvalue weighted by Gasteiger charge is 2.31. The van der Waals surface area contributed by atoms with E-state index in [1.807, 2.05) is 0 Å². The van der Waals surface area contributed by atoms with Gasteiger partial charge in [0.15, 0.2) is 16.2 Å². The third-order valence-corrected chi connectivity index (χ3v) is 5.63. The summed E-state index contributed by atoms with van der Waals surface area (Å²) in [5.74, 6) is -6.66. The summed E-state index contributed by atoms with van der Waals surface area (Å²) in [5, 5.41) is 0. The van der Waals surface area contributed by atoms with Gasteiger partial charge in [0.2, 0.25) is 12.0 Å². The third kappa shape index (κ3) is 7.31. The summed E-state index contributed by atoms with van der Waals surface area (Å²) in [6, 6.07) is 5.49. The van der Waals surface area contributed by atoms with Gasteiger partial charge in [0.1, 0.15) is 23.7 Å². The highest BCUT2D eigenvalue weighted by molar-refractivity contribution is 9.10. The van der Waals surface area contributed by atoms with Gasteiger partial charge in [0.05, 0.1) is 25.5 Å². The Morgan fingerprint density at radius 1 is 1.05 bits per heavy atom. The first-order chi connectivity index (χ1) is 18.3. The lowest BCUT2D eigenvalue weighted by atomic mass is 10.1. The van der Waals surface area contributed by atoms with Crippen LogP contribution in [-0.4, -0.2) is 36.5 Å². The highest BCUT2D eigenvalue weighted by Crippen LogP contribution is 2.36. The van der Waals surface area contributed by atoms with E-state index in [4.69, 9.17) is 19.6 Å². The molecule has 0 bridgehead atoms. The van der Waals surface area contributed by atoms with Gasteiger partial charge in [-0.25, -0.2) is 13.8 Å². The quantitative estimate of drug-likeness (QED) is 0.244. The van der Waals surface area contributed by atoms with E-state index >= 15 is 0 Å². The molecule has 0 radical (unpaired) electrons. The van der Waals surface area contributed by atoms with Crippen molar-refractivity contribution in [1.82, 2.24) is 4.98 Å². The Morgan fingerprint density at radius 3 is 2.28 bits per heavy atom. The lowest BCUT2D eigenvalue weighted by Gasteiger charge is -2.17. The van der Waals surface area contributed by atoms with E-state index in [1.165, 1.54) is 0 Å².